The normalized spacial score (nSPS) is 11.5. The van der Waals surface area contributed by atoms with Crippen molar-refractivity contribution >= 4 is 10.9 Å². The monoisotopic (exact) mass is 451 g/mol. The molecule has 0 aliphatic carbocycles. The van der Waals surface area contributed by atoms with Gasteiger partial charge in [-0.3, -0.25) is 4.98 Å². The maximum absolute atomic E-state index is 13.5. The van der Waals surface area contributed by atoms with Crippen molar-refractivity contribution in [2.45, 2.75) is 33.1 Å². The number of benzene rings is 3. The van der Waals surface area contributed by atoms with Crippen LogP contribution in [0.5, 0.6) is 11.5 Å². The molecule has 0 fully saturated rings. The van der Waals surface area contributed by atoms with Gasteiger partial charge in [-0.15, -0.1) is 0 Å². The SMILES string of the molecule is CCCOc1cccc(COc2cccc(-c3c(C)cnc4c(C(F)(F)F)cccc34)c2)c1. The van der Waals surface area contributed by atoms with Crippen LogP contribution in [0, 0.1) is 6.92 Å². The van der Waals surface area contributed by atoms with E-state index in [1.165, 1.54) is 12.3 Å². The molecule has 6 heteroatoms. The Labute approximate surface area is 190 Å². The zero-order chi connectivity index (χ0) is 23.4. The van der Waals surface area contributed by atoms with E-state index in [2.05, 4.69) is 11.9 Å². The summed E-state index contributed by atoms with van der Waals surface area (Å²) in [5, 5.41) is 0.461. The number of hydrogen-bond donors (Lipinski definition) is 0. The van der Waals surface area contributed by atoms with Crippen LogP contribution in [0.3, 0.4) is 0 Å². The highest BCUT2D eigenvalue weighted by atomic mass is 19.4. The zero-order valence-corrected chi connectivity index (χ0v) is 18.4. The van der Waals surface area contributed by atoms with Gasteiger partial charge in [0.25, 0.3) is 0 Å². The lowest BCUT2D eigenvalue weighted by atomic mass is 9.95. The Kier molecular flexibility index (Phi) is 6.54. The second-order valence-electron chi connectivity index (χ2n) is 7.83. The standard InChI is InChI=1S/C27H24F3NO2/c1-3-13-32-21-9-4-7-19(14-21)17-33-22-10-5-8-20(15-22)25-18(2)16-31-26-23(25)11-6-12-24(26)27(28,29)30/h4-12,14-16H,3,13,17H2,1-2H3. The van der Waals surface area contributed by atoms with E-state index < -0.39 is 11.7 Å². The first-order valence-electron chi connectivity index (χ1n) is 10.8. The number of ether oxygens (including phenoxy) is 2. The molecule has 0 unspecified atom stereocenters. The highest BCUT2D eigenvalue weighted by Crippen LogP contribution is 2.38. The molecule has 0 aliphatic heterocycles. The van der Waals surface area contributed by atoms with Crippen LogP contribution in [-0.2, 0) is 12.8 Å². The van der Waals surface area contributed by atoms with Crippen molar-refractivity contribution < 1.29 is 22.6 Å². The molecule has 4 aromatic rings. The Morgan fingerprint density at radius 2 is 1.61 bits per heavy atom. The lowest BCUT2D eigenvalue weighted by Crippen LogP contribution is -2.07. The van der Waals surface area contributed by atoms with Crippen molar-refractivity contribution in [1.82, 2.24) is 4.98 Å². The third kappa shape index (κ3) is 5.11. The number of fused-ring (bicyclic) bond motifs is 1. The van der Waals surface area contributed by atoms with E-state index in [0.29, 0.717) is 29.9 Å². The van der Waals surface area contributed by atoms with Gasteiger partial charge in [-0.05, 0) is 65.9 Å². The van der Waals surface area contributed by atoms with Crippen LogP contribution in [0.4, 0.5) is 13.2 Å². The number of pyridine rings is 1. The van der Waals surface area contributed by atoms with Crippen LogP contribution in [0.1, 0.15) is 30.0 Å². The van der Waals surface area contributed by atoms with Gasteiger partial charge in [0.05, 0.1) is 17.7 Å². The molecule has 1 heterocycles. The molecule has 0 atom stereocenters. The molecule has 0 radical (unpaired) electrons. The first kappa shape index (κ1) is 22.6. The Morgan fingerprint density at radius 1 is 0.879 bits per heavy atom. The number of halogens is 3. The van der Waals surface area contributed by atoms with Gasteiger partial charge in [0.15, 0.2) is 0 Å². The van der Waals surface area contributed by atoms with E-state index in [1.807, 2.05) is 55.5 Å². The third-order valence-electron chi connectivity index (χ3n) is 5.29. The highest BCUT2D eigenvalue weighted by Gasteiger charge is 2.33. The van der Waals surface area contributed by atoms with Gasteiger partial charge >= 0.3 is 6.18 Å². The lowest BCUT2D eigenvalue weighted by Gasteiger charge is -2.15. The van der Waals surface area contributed by atoms with Gasteiger partial charge < -0.3 is 9.47 Å². The first-order chi connectivity index (χ1) is 15.9. The van der Waals surface area contributed by atoms with E-state index in [0.717, 1.165) is 34.9 Å². The molecule has 3 aromatic carbocycles. The molecule has 170 valence electrons. The predicted octanol–water partition coefficient (Wildman–Crippen LogP) is 7.60. The van der Waals surface area contributed by atoms with Crippen LogP contribution in [0.2, 0.25) is 0 Å². The van der Waals surface area contributed by atoms with Crippen LogP contribution >= 0.6 is 0 Å². The summed E-state index contributed by atoms with van der Waals surface area (Å²) in [6.45, 7) is 4.90. The molecule has 0 bridgehead atoms. The molecule has 1 aromatic heterocycles. The minimum Gasteiger partial charge on any atom is -0.494 e. The molecule has 0 spiro atoms. The summed E-state index contributed by atoms with van der Waals surface area (Å²) in [6.07, 6.45) is -2.05. The second kappa shape index (κ2) is 9.53. The molecule has 0 aliphatic rings. The Morgan fingerprint density at radius 3 is 2.36 bits per heavy atom. The van der Waals surface area contributed by atoms with Crippen molar-refractivity contribution in [3.63, 3.8) is 0 Å². The van der Waals surface area contributed by atoms with Gasteiger partial charge in [-0.25, -0.2) is 0 Å². The number of rotatable bonds is 7. The van der Waals surface area contributed by atoms with E-state index in [4.69, 9.17) is 9.47 Å². The molecule has 0 saturated heterocycles. The molecule has 4 rings (SSSR count). The molecule has 0 N–H and O–H groups in total. The summed E-state index contributed by atoms with van der Waals surface area (Å²) < 4.78 is 52.2. The smallest absolute Gasteiger partial charge is 0.418 e. The predicted molar refractivity (Wildman–Crippen MR) is 123 cm³/mol. The average molecular weight is 451 g/mol. The summed E-state index contributed by atoms with van der Waals surface area (Å²) in [4.78, 5) is 4.10. The van der Waals surface area contributed by atoms with E-state index >= 15 is 0 Å². The fourth-order valence-electron chi connectivity index (χ4n) is 3.79. The van der Waals surface area contributed by atoms with Gasteiger partial charge in [0.1, 0.15) is 18.1 Å². The second-order valence-corrected chi connectivity index (χ2v) is 7.83. The van der Waals surface area contributed by atoms with Crippen molar-refractivity contribution in [3.8, 4) is 22.6 Å². The van der Waals surface area contributed by atoms with Crippen LogP contribution in [0.25, 0.3) is 22.0 Å². The Hall–Kier alpha value is -3.54. The van der Waals surface area contributed by atoms with Gasteiger partial charge in [0, 0.05) is 11.6 Å². The number of aryl methyl sites for hydroxylation is 1. The molecular weight excluding hydrogens is 427 g/mol. The van der Waals surface area contributed by atoms with Gasteiger partial charge in [-0.1, -0.05) is 43.3 Å². The van der Waals surface area contributed by atoms with Crippen molar-refractivity contribution in [1.29, 1.82) is 0 Å². The fraction of sp³-hybridized carbons (Fsp3) is 0.222. The number of para-hydroxylation sites is 1. The average Bonchev–Trinajstić information content (AvgIpc) is 2.81. The summed E-state index contributed by atoms with van der Waals surface area (Å²) in [7, 11) is 0. The summed E-state index contributed by atoms with van der Waals surface area (Å²) in [5.41, 5.74) is 2.46. The van der Waals surface area contributed by atoms with Gasteiger partial charge in [-0.2, -0.15) is 13.2 Å². The largest absolute Gasteiger partial charge is 0.494 e. The van der Waals surface area contributed by atoms with E-state index in [-0.39, 0.29) is 5.52 Å². The Bertz CT molecular complexity index is 1270. The molecule has 0 amide bonds. The summed E-state index contributed by atoms with van der Waals surface area (Å²) in [5.74, 6) is 1.43. The summed E-state index contributed by atoms with van der Waals surface area (Å²) >= 11 is 0. The fourth-order valence-corrected chi connectivity index (χ4v) is 3.79. The highest BCUT2D eigenvalue weighted by molar-refractivity contribution is 5.97. The molecular formula is C27H24F3NO2. The van der Waals surface area contributed by atoms with Crippen molar-refractivity contribution in [3.05, 3.63) is 89.6 Å². The number of alkyl halides is 3. The van der Waals surface area contributed by atoms with E-state index in [1.54, 1.807) is 6.07 Å². The lowest BCUT2D eigenvalue weighted by molar-refractivity contribution is -0.136. The first-order valence-corrected chi connectivity index (χ1v) is 10.8. The minimum absolute atomic E-state index is 0.0548. The van der Waals surface area contributed by atoms with Crippen molar-refractivity contribution in [2.75, 3.05) is 6.61 Å². The Balaban J connectivity index is 1.64. The molecule has 3 nitrogen and oxygen atoms in total. The van der Waals surface area contributed by atoms with E-state index in [9.17, 15) is 13.2 Å². The minimum atomic E-state index is -4.47. The maximum Gasteiger partial charge on any atom is 0.418 e. The van der Waals surface area contributed by atoms with Crippen molar-refractivity contribution in [2.24, 2.45) is 0 Å². The topological polar surface area (TPSA) is 31.4 Å². The third-order valence-corrected chi connectivity index (χ3v) is 5.29. The number of hydrogen-bond acceptors (Lipinski definition) is 3. The molecule has 0 saturated carbocycles. The van der Waals surface area contributed by atoms with Crippen LogP contribution < -0.4 is 9.47 Å². The van der Waals surface area contributed by atoms with Crippen LogP contribution in [0.15, 0.2) is 72.9 Å². The number of aromatic nitrogens is 1. The molecule has 33 heavy (non-hydrogen) atoms. The van der Waals surface area contributed by atoms with Crippen LogP contribution in [-0.4, -0.2) is 11.6 Å². The number of nitrogens with zero attached hydrogens (tertiary/aromatic N) is 1. The quantitative estimate of drug-likeness (QED) is 0.290. The zero-order valence-electron chi connectivity index (χ0n) is 18.4. The van der Waals surface area contributed by atoms with Gasteiger partial charge in [0.2, 0.25) is 0 Å². The maximum atomic E-state index is 13.5. The summed E-state index contributed by atoms with van der Waals surface area (Å²) in [6, 6.07) is 19.3.